The molecule has 0 spiro atoms. The van der Waals surface area contributed by atoms with Crippen molar-refractivity contribution in [1.29, 1.82) is 31.6 Å². The molecule has 0 radical (unpaired) electrons. The highest BCUT2D eigenvalue weighted by molar-refractivity contribution is 5.87. The molecule has 0 saturated heterocycles. The Morgan fingerprint density at radius 1 is 0.514 bits per heavy atom. The van der Waals surface area contributed by atoms with Crippen molar-refractivity contribution in [2.75, 3.05) is 12.0 Å². The summed E-state index contributed by atoms with van der Waals surface area (Å²) in [5.41, 5.74) is 2.48. The molecule has 0 aliphatic heterocycles. The smallest absolute Gasteiger partial charge is 0.148 e. The Labute approximate surface area is 213 Å². The van der Waals surface area contributed by atoms with Crippen LogP contribution < -0.4 is 9.64 Å². The minimum atomic E-state index is -0.270. The molecule has 0 aromatic heterocycles. The van der Waals surface area contributed by atoms with Crippen LogP contribution in [0.25, 0.3) is 11.1 Å². The van der Waals surface area contributed by atoms with E-state index in [2.05, 4.69) is 0 Å². The van der Waals surface area contributed by atoms with Gasteiger partial charge in [0.1, 0.15) is 53.3 Å². The highest BCUT2D eigenvalue weighted by Crippen LogP contribution is 2.36. The molecule has 0 aliphatic carbocycles. The highest BCUT2D eigenvalue weighted by atomic mass is 16.5. The van der Waals surface area contributed by atoms with E-state index in [9.17, 15) is 10.5 Å². The van der Waals surface area contributed by atoms with Gasteiger partial charge in [0.25, 0.3) is 0 Å². The van der Waals surface area contributed by atoms with Crippen molar-refractivity contribution in [3.05, 3.63) is 95.1 Å². The Balaban J connectivity index is 2.14. The molecule has 0 N–H and O–H groups in total. The average Bonchev–Trinajstić information content (AvgIpc) is 2.96. The third-order valence-corrected chi connectivity index (χ3v) is 5.33. The number of nitriles is 6. The van der Waals surface area contributed by atoms with Crippen LogP contribution in [-0.4, -0.2) is 7.11 Å². The summed E-state index contributed by atoms with van der Waals surface area (Å²) in [4.78, 5) is 1.91. The number of nitrogens with zero attached hydrogens (tertiary/aromatic N) is 7. The first-order valence-electron chi connectivity index (χ1n) is 10.6. The fraction of sp³-hybridized carbons (Fsp3) is 0.0345. The Hall–Kier alpha value is -6.32. The molecular formula is C29H15N7O. The van der Waals surface area contributed by atoms with Crippen LogP contribution in [0, 0.1) is 68.0 Å². The van der Waals surface area contributed by atoms with Crippen LogP contribution >= 0.6 is 0 Å². The summed E-state index contributed by atoms with van der Waals surface area (Å²) >= 11 is 0. The fourth-order valence-electron chi connectivity index (χ4n) is 3.54. The Kier molecular flexibility index (Phi) is 8.00. The van der Waals surface area contributed by atoms with Crippen molar-refractivity contribution in [2.45, 2.75) is 0 Å². The lowest BCUT2D eigenvalue weighted by atomic mass is 10.0. The molecule has 0 atom stereocenters. The predicted octanol–water partition coefficient (Wildman–Crippen LogP) is 5.81. The third-order valence-electron chi connectivity index (χ3n) is 5.33. The lowest BCUT2D eigenvalue weighted by molar-refractivity contribution is 0.415. The fourth-order valence-corrected chi connectivity index (χ4v) is 3.54. The second-order valence-corrected chi connectivity index (χ2v) is 7.30. The van der Waals surface area contributed by atoms with E-state index in [1.807, 2.05) is 29.2 Å². The molecule has 172 valence electrons. The lowest BCUT2D eigenvalue weighted by Crippen LogP contribution is -2.10. The molecule has 0 unspecified atom stereocenters. The summed E-state index contributed by atoms with van der Waals surface area (Å²) in [7, 11) is 1.57. The Morgan fingerprint density at radius 3 is 1.11 bits per heavy atom. The number of allylic oxidation sites excluding steroid dienone is 4. The van der Waals surface area contributed by atoms with Crippen molar-refractivity contribution in [3.63, 3.8) is 0 Å². The second-order valence-electron chi connectivity index (χ2n) is 7.30. The monoisotopic (exact) mass is 477 g/mol. The van der Waals surface area contributed by atoms with Crippen LogP contribution in [0.4, 0.5) is 17.1 Å². The second kappa shape index (κ2) is 11.7. The first-order chi connectivity index (χ1) is 18.0. The number of hydrogen-bond acceptors (Lipinski definition) is 8. The van der Waals surface area contributed by atoms with E-state index in [0.29, 0.717) is 28.3 Å². The maximum absolute atomic E-state index is 9.46. The minimum Gasteiger partial charge on any atom is -0.497 e. The van der Waals surface area contributed by atoms with E-state index in [0.717, 1.165) is 5.69 Å². The Morgan fingerprint density at radius 2 is 0.838 bits per heavy atom. The lowest BCUT2D eigenvalue weighted by Gasteiger charge is -2.26. The molecule has 0 bridgehead atoms. The molecule has 3 rings (SSSR count). The molecule has 0 fully saturated rings. The first kappa shape index (κ1) is 25.3. The van der Waals surface area contributed by atoms with E-state index in [4.69, 9.17) is 25.8 Å². The quantitative estimate of drug-likeness (QED) is 0.402. The summed E-state index contributed by atoms with van der Waals surface area (Å²) in [6.45, 7) is 0. The van der Waals surface area contributed by atoms with Crippen LogP contribution in [0.2, 0.25) is 0 Å². The molecule has 0 heterocycles. The summed E-state index contributed by atoms with van der Waals surface area (Å²) in [5, 5.41) is 55.6. The van der Waals surface area contributed by atoms with Crippen LogP contribution in [0.5, 0.6) is 5.75 Å². The van der Waals surface area contributed by atoms with E-state index >= 15 is 0 Å². The number of rotatable bonds is 6. The largest absolute Gasteiger partial charge is 0.497 e. The number of hydrogen-bond donors (Lipinski definition) is 0. The zero-order chi connectivity index (χ0) is 26.8. The molecule has 8 heteroatoms. The summed E-state index contributed by atoms with van der Waals surface area (Å²) in [5.74, 6) is 0.670. The van der Waals surface area contributed by atoms with E-state index in [-0.39, 0.29) is 22.3 Å². The van der Waals surface area contributed by atoms with Crippen molar-refractivity contribution in [1.82, 2.24) is 0 Å². The molecule has 0 amide bonds. The molecule has 0 aliphatic rings. The van der Waals surface area contributed by atoms with Crippen molar-refractivity contribution >= 4 is 28.2 Å². The van der Waals surface area contributed by atoms with Gasteiger partial charge in [-0.25, -0.2) is 0 Å². The summed E-state index contributed by atoms with van der Waals surface area (Å²) in [6, 6.07) is 31.7. The minimum absolute atomic E-state index is 0.0153. The van der Waals surface area contributed by atoms with Crippen LogP contribution in [0.15, 0.2) is 83.9 Å². The highest BCUT2D eigenvalue weighted by Gasteiger charge is 2.16. The van der Waals surface area contributed by atoms with Gasteiger partial charge < -0.3 is 9.64 Å². The normalized spacial score (nSPS) is 9.05. The Bertz CT molecular complexity index is 1500. The SMILES string of the molecule is COc1ccc(N(c2ccc(C(C#N)=C(C#N)C#N)cc2)c2ccc(C(C#N)=C(C#N)C#N)cc2)cc1. The number of ether oxygens (including phenoxy) is 1. The van der Waals surface area contributed by atoms with Gasteiger partial charge in [0.05, 0.1) is 18.3 Å². The van der Waals surface area contributed by atoms with Crippen LogP contribution in [-0.2, 0) is 0 Å². The maximum Gasteiger partial charge on any atom is 0.148 e. The molecule has 3 aromatic carbocycles. The van der Waals surface area contributed by atoms with Crippen LogP contribution in [0.1, 0.15) is 11.1 Å². The van der Waals surface area contributed by atoms with Gasteiger partial charge in [0.15, 0.2) is 0 Å². The molecule has 3 aromatic rings. The van der Waals surface area contributed by atoms with Gasteiger partial charge in [0.2, 0.25) is 0 Å². The van der Waals surface area contributed by atoms with Crippen LogP contribution in [0.3, 0.4) is 0 Å². The molecule has 37 heavy (non-hydrogen) atoms. The maximum atomic E-state index is 9.46. The molecule has 8 nitrogen and oxygen atoms in total. The van der Waals surface area contributed by atoms with E-state index in [1.165, 1.54) is 0 Å². The van der Waals surface area contributed by atoms with Crippen molar-refractivity contribution < 1.29 is 4.74 Å². The molecule has 0 saturated carbocycles. The number of anilines is 3. The first-order valence-corrected chi connectivity index (χ1v) is 10.6. The van der Waals surface area contributed by atoms with Crippen molar-refractivity contribution in [2.24, 2.45) is 0 Å². The third kappa shape index (κ3) is 5.27. The predicted molar refractivity (Wildman–Crippen MR) is 135 cm³/mol. The van der Waals surface area contributed by atoms with Gasteiger partial charge in [-0.3, -0.25) is 0 Å². The van der Waals surface area contributed by atoms with Gasteiger partial charge in [-0.2, -0.15) is 31.6 Å². The van der Waals surface area contributed by atoms with E-state index < -0.39 is 0 Å². The van der Waals surface area contributed by atoms with Gasteiger partial charge in [-0.15, -0.1) is 0 Å². The van der Waals surface area contributed by atoms with Gasteiger partial charge in [-0.05, 0) is 59.7 Å². The van der Waals surface area contributed by atoms with Crippen molar-refractivity contribution in [3.8, 4) is 42.2 Å². The van der Waals surface area contributed by atoms with E-state index in [1.54, 1.807) is 92.1 Å². The number of benzene rings is 3. The van der Waals surface area contributed by atoms with Gasteiger partial charge in [0, 0.05) is 17.1 Å². The summed E-state index contributed by atoms with van der Waals surface area (Å²) in [6.07, 6.45) is 0. The zero-order valence-corrected chi connectivity index (χ0v) is 19.5. The van der Waals surface area contributed by atoms with Gasteiger partial charge >= 0.3 is 0 Å². The standard InChI is InChI=1S/C29H15N7O/c1-37-27-12-10-26(11-13-27)36(24-6-2-20(3-7-24)28(18-34)22(14-30)15-31)25-8-4-21(5-9-25)29(19-35)23(16-32)17-33/h2-13H,1H3. The molecular weight excluding hydrogens is 462 g/mol. The summed E-state index contributed by atoms with van der Waals surface area (Å²) < 4.78 is 5.26. The van der Waals surface area contributed by atoms with Gasteiger partial charge in [-0.1, -0.05) is 24.3 Å². The zero-order valence-electron chi connectivity index (χ0n) is 19.5. The number of methoxy groups -OCH3 is 1. The average molecular weight is 477 g/mol. The topological polar surface area (TPSA) is 155 Å².